The van der Waals surface area contributed by atoms with E-state index in [-0.39, 0.29) is 16.2 Å². The second kappa shape index (κ2) is 5.47. The van der Waals surface area contributed by atoms with Gasteiger partial charge in [-0.25, -0.2) is 0 Å². The lowest BCUT2D eigenvalue weighted by molar-refractivity contribution is 0.639. The molecule has 0 unspecified atom stereocenters. The average molecular weight is 463 g/mol. The summed E-state index contributed by atoms with van der Waals surface area (Å²) in [4.78, 5) is 0. The summed E-state index contributed by atoms with van der Waals surface area (Å²) in [7, 11) is 0. The van der Waals surface area contributed by atoms with E-state index in [2.05, 4.69) is 102 Å². The fraction of sp³-hybridized carbons (Fsp3) is 0.278. The summed E-state index contributed by atoms with van der Waals surface area (Å²) in [5, 5.41) is 6.08. The van der Waals surface area contributed by atoms with Crippen LogP contribution in [0.4, 0.5) is 0 Å². The van der Waals surface area contributed by atoms with Crippen LogP contribution >= 0.6 is 0 Å². The Hall–Kier alpha value is -3.38. The maximum Gasteiger partial charge on any atom is 0.0165 e. The maximum absolute atomic E-state index is 2.60. The first kappa shape index (κ1) is 19.8. The summed E-state index contributed by atoms with van der Waals surface area (Å²) in [6.07, 6.45) is 1.03. The zero-order valence-corrected chi connectivity index (χ0v) is 22.0. The predicted octanol–water partition coefficient (Wildman–Crippen LogP) is 9.15. The third-order valence-electron chi connectivity index (χ3n) is 10.6. The molecule has 0 radical (unpaired) electrons. The van der Waals surface area contributed by atoms with Gasteiger partial charge in [-0.15, -0.1) is 0 Å². The standard InChI is InChI=1S/C36H30/c1-34(2)21-12-7-10-18-16-19-17-25-30-29-23(35(25,3)4)14-9-15-24(29)36(5,6)33-20-11-8-13-22(34)28(20)31(26(18)21)27(19)32(30)33/h7-15,17H,16H2,1-6H3. The fourth-order valence-electron chi connectivity index (χ4n) is 8.93. The fourth-order valence-corrected chi connectivity index (χ4v) is 8.93. The second-order valence-electron chi connectivity index (χ2n) is 13.3. The zero-order chi connectivity index (χ0) is 24.5. The van der Waals surface area contributed by atoms with Gasteiger partial charge in [-0.1, -0.05) is 102 Å². The van der Waals surface area contributed by atoms with Gasteiger partial charge >= 0.3 is 0 Å². The predicted molar refractivity (Wildman–Crippen MR) is 152 cm³/mol. The van der Waals surface area contributed by atoms with Crippen LogP contribution in [0.25, 0.3) is 43.8 Å². The second-order valence-corrected chi connectivity index (χ2v) is 13.3. The Kier molecular flexibility index (Phi) is 3.00. The van der Waals surface area contributed by atoms with Crippen LogP contribution in [-0.4, -0.2) is 0 Å². The van der Waals surface area contributed by atoms with Crippen molar-refractivity contribution in [1.29, 1.82) is 0 Å². The van der Waals surface area contributed by atoms with E-state index in [1.807, 2.05) is 0 Å². The van der Waals surface area contributed by atoms with E-state index in [0.29, 0.717) is 0 Å². The highest BCUT2D eigenvalue weighted by atomic mass is 14.5. The van der Waals surface area contributed by atoms with Crippen molar-refractivity contribution in [2.24, 2.45) is 0 Å². The van der Waals surface area contributed by atoms with Crippen molar-refractivity contribution < 1.29 is 0 Å². The summed E-state index contributed by atoms with van der Waals surface area (Å²) in [5.74, 6) is 0. The van der Waals surface area contributed by atoms with Gasteiger partial charge in [0.1, 0.15) is 0 Å². The lowest BCUT2D eigenvalue weighted by Crippen LogP contribution is -2.28. The van der Waals surface area contributed by atoms with E-state index in [9.17, 15) is 0 Å². The van der Waals surface area contributed by atoms with Gasteiger partial charge < -0.3 is 0 Å². The third kappa shape index (κ3) is 1.79. The first-order chi connectivity index (χ1) is 17.1. The summed E-state index contributed by atoms with van der Waals surface area (Å²) < 4.78 is 0. The number of rotatable bonds is 0. The highest BCUT2D eigenvalue weighted by molar-refractivity contribution is 6.25. The topological polar surface area (TPSA) is 0 Å². The molecule has 0 fully saturated rings. The van der Waals surface area contributed by atoms with E-state index in [0.717, 1.165) is 6.42 Å². The van der Waals surface area contributed by atoms with Crippen LogP contribution in [0.1, 0.15) is 86.1 Å². The van der Waals surface area contributed by atoms with Gasteiger partial charge in [-0.05, 0) is 94.7 Å². The molecule has 4 aliphatic carbocycles. The first-order valence-corrected chi connectivity index (χ1v) is 13.5. The summed E-state index contributed by atoms with van der Waals surface area (Å²) >= 11 is 0. The smallest absolute Gasteiger partial charge is 0.0165 e. The molecule has 4 aliphatic rings. The van der Waals surface area contributed by atoms with Crippen LogP contribution in [0.3, 0.4) is 0 Å². The summed E-state index contributed by atoms with van der Waals surface area (Å²) in [5.41, 5.74) is 18.2. The van der Waals surface area contributed by atoms with E-state index < -0.39 is 0 Å². The van der Waals surface area contributed by atoms with Gasteiger partial charge in [-0.2, -0.15) is 0 Å². The lowest BCUT2D eigenvalue weighted by Gasteiger charge is -2.43. The quantitative estimate of drug-likeness (QED) is 0.197. The van der Waals surface area contributed by atoms with Crippen LogP contribution in [0.2, 0.25) is 0 Å². The van der Waals surface area contributed by atoms with E-state index in [1.54, 1.807) is 16.3 Å². The third-order valence-corrected chi connectivity index (χ3v) is 10.6. The molecule has 0 saturated carbocycles. The maximum atomic E-state index is 2.60. The molecular formula is C36H30. The molecule has 0 spiro atoms. The van der Waals surface area contributed by atoms with E-state index in [1.165, 1.54) is 72.0 Å². The molecule has 0 N–H and O–H groups in total. The summed E-state index contributed by atoms with van der Waals surface area (Å²) in [6, 6.07) is 23.9. The molecule has 0 heteroatoms. The van der Waals surface area contributed by atoms with Crippen LogP contribution in [0.15, 0.2) is 60.7 Å². The molecular weight excluding hydrogens is 432 g/mol. The highest BCUT2D eigenvalue weighted by Crippen LogP contribution is 2.65. The van der Waals surface area contributed by atoms with Crippen LogP contribution in [-0.2, 0) is 22.7 Å². The van der Waals surface area contributed by atoms with Crippen LogP contribution in [0, 0.1) is 0 Å². The molecule has 174 valence electrons. The number of benzene rings is 5. The first-order valence-electron chi connectivity index (χ1n) is 13.5. The van der Waals surface area contributed by atoms with Crippen molar-refractivity contribution >= 4 is 21.5 Å². The largest absolute Gasteiger partial charge is 0.0616 e. The monoisotopic (exact) mass is 462 g/mol. The Morgan fingerprint density at radius 2 is 1.08 bits per heavy atom. The Bertz CT molecular complexity index is 1920. The highest BCUT2D eigenvalue weighted by Gasteiger charge is 2.48. The Balaban J connectivity index is 1.67. The van der Waals surface area contributed by atoms with Crippen molar-refractivity contribution in [3.63, 3.8) is 0 Å². The van der Waals surface area contributed by atoms with Crippen molar-refractivity contribution in [1.82, 2.24) is 0 Å². The molecule has 0 heterocycles. The average Bonchev–Trinajstić information content (AvgIpc) is 3.08. The molecule has 0 aromatic heterocycles. The normalized spacial score (nSPS) is 19.4. The molecule has 9 rings (SSSR count). The molecule has 0 nitrogen and oxygen atoms in total. The molecule has 0 amide bonds. The van der Waals surface area contributed by atoms with Crippen molar-refractivity contribution in [3.8, 4) is 22.3 Å². The minimum atomic E-state index is -0.0623. The number of hydrogen-bond donors (Lipinski definition) is 0. The number of fused-ring (bicyclic) bond motifs is 1. The number of hydrogen-bond acceptors (Lipinski definition) is 0. The minimum Gasteiger partial charge on any atom is -0.0616 e. The van der Waals surface area contributed by atoms with Crippen molar-refractivity contribution in [2.75, 3.05) is 0 Å². The van der Waals surface area contributed by atoms with Gasteiger partial charge in [0, 0.05) is 16.2 Å². The van der Waals surface area contributed by atoms with Crippen molar-refractivity contribution in [2.45, 2.75) is 64.2 Å². The Morgan fingerprint density at radius 3 is 1.86 bits per heavy atom. The Labute approximate surface area is 213 Å². The van der Waals surface area contributed by atoms with E-state index >= 15 is 0 Å². The van der Waals surface area contributed by atoms with Gasteiger partial charge in [0.2, 0.25) is 0 Å². The SMILES string of the molecule is CC1(C)c2cccc3c2-c2c1cc1c4c5c6c(cccc6c(c24)C3(C)C)C(C)(C)c2cccc(c2-5)C1. The summed E-state index contributed by atoms with van der Waals surface area (Å²) in [6.45, 7) is 14.7. The van der Waals surface area contributed by atoms with Gasteiger partial charge in [0.15, 0.2) is 0 Å². The Morgan fingerprint density at radius 1 is 0.472 bits per heavy atom. The van der Waals surface area contributed by atoms with Crippen molar-refractivity contribution in [3.05, 3.63) is 105 Å². The van der Waals surface area contributed by atoms with Gasteiger partial charge in [-0.3, -0.25) is 0 Å². The molecule has 0 bridgehead atoms. The van der Waals surface area contributed by atoms with Crippen LogP contribution in [0.5, 0.6) is 0 Å². The minimum absolute atomic E-state index is 0.0151. The zero-order valence-electron chi connectivity index (χ0n) is 22.0. The van der Waals surface area contributed by atoms with Gasteiger partial charge in [0.25, 0.3) is 0 Å². The molecule has 0 aliphatic heterocycles. The van der Waals surface area contributed by atoms with E-state index in [4.69, 9.17) is 0 Å². The molecule has 0 atom stereocenters. The lowest BCUT2D eigenvalue weighted by atomic mass is 9.60. The molecule has 5 aromatic carbocycles. The molecule has 0 saturated heterocycles. The van der Waals surface area contributed by atoms with Crippen LogP contribution < -0.4 is 0 Å². The molecule has 36 heavy (non-hydrogen) atoms. The van der Waals surface area contributed by atoms with Gasteiger partial charge in [0.05, 0.1) is 0 Å². The molecule has 5 aromatic rings.